The highest BCUT2D eigenvalue weighted by molar-refractivity contribution is 5.95. The number of alkyl halides is 5. The average Bonchev–Trinajstić information content (AvgIpc) is 2.71. The third kappa shape index (κ3) is 5.04. The van der Waals surface area contributed by atoms with Gasteiger partial charge < -0.3 is 5.32 Å². The van der Waals surface area contributed by atoms with E-state index in [1.165, 1.54) is 18.2 Å². The predicted octanol–water partition coefficient (Wildman–Crippen LogP) is 6.17. The molecule has 3 rings (SSSR count). The van der Waals surface area contributed by atoms with Gasteiger partial charge in [0.1, 0.15) is 11.6 Å². The third-order valence-corrected chi connectivity index (χ3v) is 4.49. The van der Waals surface area contributed by atoms with E-state index < -0.39 is 52.9 Å². The number of rotatable bonds is 5. The zero-order valence-corrected chi connectivity index (χ0v) is 15.6. The first-order chi connectivity index (χ1) is 14.5. The molecule has 0 atom stereocenters. The van der Waals surface area contributed by atoms with Gasteiger partial charge in [-0.05, 0) is 47.5 Å². The first kappa shape index (κ1) is 22.3. The number of halogens is 7. The molecule has 0 heterocycles. The average molecular weight is 441 g/mol. The Bertz CT molecular complexity index is 1090. The van der Waals surface area contributed by atoms with Gasteiger partial charge in [-0.2, -0.15) is 22.0 Å². The Morgan fingerprint density at radius 2 is 1.39 bits per heavy atom. The summed E-state index contributed by atoms with van der Waals surface area (Å²) in [5, 5.41) is 1.73. The highest BCUT2D eigenvalue weighted by atomic mass is 19.4. The van der Waals surface area contributed by atoms with Crippen LogP contribution in [0.15, 0.2) is 66.7 Å². The maximum atomic E-state index is 14.5. The lowest BCUT2D eigenvalue weighted by atomic mass is 10.0. The largest absolute Gasteiger partial charge is 0.417 e. The molecule has 3 aromatic rings. The number of hydrogen-bond donors (Lipinski definition) is 1. The Labute approximate surface area is 172 Å². The molecule has 1 N–H and O–H groups in total. The van der Waals surface area contributed by atoms with E-state index in [9.17, 15) is 35.5 Å². The molecule has 0 aromatic heterocycles. The number of benzene rings is 3. The van der Waals surface area contributed by atoms with Crippen LogP contribution in [0.1, 0.15) is 21.5 Å². The zero-order valence-electron chi connectivity index (χ0n) is 15.6. The molecular formula is C22H14F7NO. The van der Waals surface area contributed by atoms with Crippen LogP contribution in [0, 0.1) is 11.6 Å². The fraction of sp³-hybridized carbons (Fsp3) is 0.136. The van der Waals surface area contributed by atoms with Gasteiger partial charge in [0, 0.05) is 0 Å². The summed E-state index contributed by atoms with van der Waals surface area (Å²) in [6, 6.07) is 11.5. The number of amides is 1. The lowest BCUT2D eigenvalue weighted by Crippen LogP contribution is -2.36. The van der Waals surface area contributed by atoms with Gasteiger partial charge in [0.2, 0.25) is 0 Å². The summed E-state index contributed by atoms with van der Waals surface area (Å²) in [7, 11) is 0. The van der Waals surface area contributed by atoms with Crippen molar-refractivity contribution in [3.8, 4) is 11.1 Å². The molecule has 3 aromatic carbocycles. The standard InChI is InChI=1S/C22H14F7NO/c23-15-8-5-13(6-9-15)14-7-10-18(19(24)11-14)21(25,26)12-30-20(31)16-3-1-2-4-17(16)22(27,28)29/h1-11H,12H2,(H,30,31). The fourth-order valence-electron chi connectivity index (χ4n) is 2.94. The maximum absolute atomic E-state index is 14.5. The smallest absolute Gasteiger partial charge is 0.346 e. The summed E-state index contributed by atoms with van der Waals surface area (Å²) >= 11 is 0. The fourth-order valence-corrected chi connectivity index (χ4v) is 2.94. The Kier molecular flexibility index (Phi) is 6.06. The number of nitrogens with one attached hydrogen (secondary N) is 1. The van der Waals surface area contributed by atoms with Gasteiger partial charge in [-0.15, -0.1) is 0 Å². The Morgan fingerprint density at radius 3 is 2.00 bits per heavy atom. The van der Waals surface area contributed by atoms with Crippen LogP contribution < -0.4 is 5.32 Å². The Morgan fingerprint density at radius 1 is 0.774 bits per heavy atom. The number of carbonyl (C=O) groups excluding carboxylic acids is 1. The summed E-state index contributed by atoms with van der Waals surface area (Å²) in [4.78, 5) is 12.1. The first-order valence-corrected chi connectivity index (χ1v) is 8.87. The van der Waals surface area contributed by atoms with Gasteiger partial charge in [0.15, 0.2) is 0 Å². The molecule has 0 aliphatic carbocycles. The Balaban J connectivity index is 1.78. The molecule has 0 bridgehead atoms. The van der Waals surface area contributed by atoms with Crippen molar-refractivity contribution in [1.29, 1.82) is 0 Å². The zero-order chi connectivity index (χ0) is 22.8. The molecule has 31 heavy (non-hydrogen) atoms. The van der Waals surface area contributed by atoms with Crippen molar-refractivity contribution in [1.82, 2.24) is 5.32 Å². The van der Waals surface area contributed by atoms with Crippen LogP contribution in [-0.2, 0) is 12.1 Å². The molecule has 0 spiro atoms. The van der Waals surface area contributed by atoms with E-state index in [4.69, 9.17) is 0 Å². The summed E-state index contributed by atoms with van der Waals surface area (Å²) in [6.45, 7) is -1.41. The van der Waals surface area contributed by atoms with Gasteiger partial charge in [-0.25, -0.2) is 8.78 Å². The van der Waals surface area contributed by atoms with Crippen LogP contribution >= 0.6 is 0 Å². The molecule has 0 fully saturated rings. The van der Waals surface area contributed by atoms with E-state index in [2.05, 4.69) is 0 Å². The second-order valence-corrected chi connectivity index (χ2v) is 6.63. The highest BCUT2D eigenvalue weighted by Crippen LogP contribution is 2.34. The summed E-state index contributed by atoms with van der Waals surface area (Å²) in [5.41, 5.74) is -2.52. The molecule has 2 nitrogen and oxygen atoms in total. The van der Waals surface area contributed by atoms with Gasteiger partial charge in [0.25, 0.3) is 11.8 Å². The second-order valence-electron chi connectivity index (χ2n) is 6.63. The molecule has 0 aliphatic heterocycles. The van der Waals surface area contributed by atoms with E-state index in [1.54, 1.807) is 5.32 Å². The molecular weight excluding hydrogens is 427 g/mol. The molecule has 0 aliphatic rings. The molecule has 0 saturated carbocycles. The van der Waals surface area contributed by atoms with Crippen molar-refractivity contribution in [2.45, 2.75) is 12.1 Å². The van der Waals surface area contributed by atoms with Gasteiger partial charge in [-0.3, -0.25) is 4.79 Å². The summed E-state index contributed by atoms with van der Waals surface area (Å²) in [6.07, 6.45) is -4.85. The quantitative estimate of drug-likeness (QED) is 0.472. The molecule has 0 saturated heterocycles. The van der Waals surface area contributed by atoms with Crippen molar-refractivity contribution >= 4 is 5.91 Å². The van der Waals surface area contributed by atoms with Crippen molar-refractivity contribution < 1.29 is 35.5 Å². The molecule has 9 heteroatoms. The van der Waals surface area contributed by atoms with E-state index in [0.717, 1.165) is 42.5 Å². The van der Waals surface area contributed by atoms with Crippen LogP contribution in [0.25, 0.3) is 11.1 Å². The van der Waals surface area contributed by atoms with Crippen LogP contribution in [0.2, 0.25) is 0 Å². The lowest BCUT2D eigenvalue weighted by molar-refractivity contribution is -0.137. The van der Waals surface area contributed by atoms with Gasteiger partial charge >= 0.3 is 6.18 Å². The molecule has 0 radical (unpaired) electrons. The van der Waals surface area contributed by atoms with Crippen molar-refractivity contribution in [2.75, 3.05) is 6.54 Å². The minimum absolute atomic E-state index is 0.222. The van der Waals surface area contributed by atoms with E-state index in [-0.39, 0.29) is 5.56 Å². The maximum Gasteiger partial charge on any atom is 0.417 e. The van der Waals surface area contributed by atoms with Crippen molar-refractivity contribution in [3.63, 3.8) is 0 Å². The van der Waals surface area contributed by atoms with E-state index >= 15 is 0 Å². The van der Waals surface area contributed by atoms with E-state index in [0.29, 0.717) is 11.6 Å². The molecule has 0 unspecified atom stereocenters. The normalized spacial score (nSPS) is 12.0. The molecule has 1 amide bonds. The van der Waals surface area contributed by atoms with Gasteiger partial charge in [0.05, 0.1) is 23.2 Å². The van der Waals surface area contributed by atoms with E-state index in [1.807, 2.05) is 0 Å². The minimum Gasteiger partial charge on any atom is -0.346 e. The minimum atomic E-state index is -4.85. The van der Waals surface area contributed by atoms with Crippen LogP contribution in [0.4, 0.5) is 30.7 Å². The van der Waals surface area contributed by atoms with Crippen molar-refractivity contribution in [2.24, 2.45) is 0 Å². The third-order valence-electron chi connectivity index (χ3n) is 4.49. The monoisotopic (exact) mass is 441 g/mol. The highest BCUT2D eigenvalue weighted by Gasteiger charge is 2.37. The number of hydrogen-bond acceptors (Lipinski definition) is 1. The van der Waals surface area contributed by atoms with Crippen molar-refractivity contribution in [3.05, 3.63) is 95.1 Å². The first-order valence-electron chi connectivity index (χ1n) is 8.87. The van der Waals surface area contributed by atoms with Crippen LogP contribution in [0.3, 0.4) is 0 Å². The number of carbonyl (C=O) groups is 1. The second kappa shape index (κ2) is 8.41. The lowest BCUT2D eigenvalue weighted by Gasteiger charge is -2.19. The summed E-state index contributed by atoms with van der Waals surface area (Å²) < 4.78 is 95.3. The van der Waals surface area contributed by atoms with Crippen LogP contribution in [-0.4, -0.2) is 12.5 Å². The topological polar surface area (TPSA) is 29.1 Å². The molecule has 162 valence electrons. The predicted molar refractivity (Wildman–Crippen MR) is 99.5 cm³/mol. The summed E-state index contributed by atoms with van der Waals surface area (Å²) in [5.74, 6) is -7.06. The van der Waals surface area contributed by atoms with Gasteiger partial charge in [-0.1, -0.05) is 30.3 Å². The Hall–Kier alpha value is -3.36. The van der Waals surface area contributed by atoms with Crippen LogP contribution in [0.5, 0.6) is 0 Å². The SMILES string of the molecule is O=C(NCC(F)(F)c1ccc(-c2ccc(F)cc2)cc1F)c1ccccc1C(F)(F)F.